The second-order valence-corrected chi connectivity index (χ2v) is 8.13. The first kappa shape index (κ1) is 20.7. The van der Waals surface area contributed by atoms with Gasteiger partial charge in [0.25, 0.3) is 5.91 Å². The molecule has 2 N–H and O–H groups in total. The van der Waals surface area contributed by atoms with E-state index < -0.39 is 6.04 Å². The zero-order valence-corrected chi connectivity index (χ0v) is 18.1. The van der Waals surface area contributed by atoms with Gasteiger partial charge in [-0.2, -0.15) is 5.10 Å². The van der Waals surface area contributed by atoms with E-state index in [4.69, 9.17) is 27.9 Å². The SMILES string of the molecule is COCCCN1C(=O)c2[nH]nc(-c3cc(Cl)c(C)cc3O)c2C1c1cccc(Cl)c1. The van der Waals surface area contributed by atoms with Gasteiger partial charge in [0, 0.05) is 41.4 Å². The van der Waals surface area contributed by atoms with Crippen LogP contribution in [0.5, 0.6) is 5.75 Å². The molecular formula is C22H21Cl2N3O3. The van der Waals surface area contributed by atoms with E-state index in [9.17, 15) is 9.90 Å². The molecule has 8 heteroatoms. The molecule has 3 aromatic rings. The van der Waals surface area contributed by atoms with Crippen LogP contribution in [0.2, 0.25) is 10.0 Å². The topological polar surface area (TPSA) is 78.5 Å². The number of H-pyrrole nitrogens is 1. The van der Waals surface area contributed by atoms with Crippen molar-refractivity contribution in [3.05, 3.63) is 68.8 Å². The fraction of sp³-hybridized carbons (Fsp3) is 0.273. The van der Waals surface area contributed by atoms with E-state index in [0.29, 0.717) is 52.1 Å². The van der Waals surface area contributed by atoms with Crippen LogP contribution in [0.4, 0.5) is 0 Å². The summed E-state index contributed by atoms with van der Waals surface area (Å²) in [6.07, 6.45) is 0.688. The number of amides is 1. The van der Waals surface area contributed by atoms with Gasteiger partial charge < -0.3 is 14.7 Å². The molecule has 1 amide bonds. The lowest BCUT2D eigenvalue weighted by molar-refractivity contribution is 0.0723. The molecular weight excluding hydrogens is 425 g/mol. The molecule has 156 valence electrons. The van der Waals surface area contributed by atoms with Gasteiger partial charge >= 0.3 is 0 Å². The Hall–Kier alpha value is -2.54. The number of hydrogen-bond acceptors (Lipinski definition) is 4. The van der Waals surface area contributed by atoms with Crippen molar-refractivity contribution < 1.29 is 14.6 Å². The van der Waals surface area contributed by atoms with E-state index in [1.807, 2.05) is 25.1 Å². The average molecular weight is 446 g/mol. The Labute approximate surface area is 184 Å². The number of nitrogens with one attached hydrogen (secondary N) is 1. The summed E-state index contributed by atoms with van der Waals surface area (Å²) >= 11 is 12.6. The molecule has 1 unspecified atom stereocenters. The Balaban J connectivity index is 1.87. The predicted molar refractivity (Wildman–Crippen MR) is 116 cm³/mol. The van der Waals surface area contributed by atoms with Crippen LogP contribution in [0.15, 0.2) is 36.4 Å². The Morgan fingerprint density at radius 2 is 2.07 bits per heavy atom. The zero-order valence-electron chi connectivity index (χ0n) is 16.6. The summed E-state index contributed by atoms with van der Waals surface area (Å²) in [5.74, 6) is -0.0937. The number of carbonyl (C=O) groups excluding carboxylic acids is 1. The normalized spacial score (nSPS) is 15.7. The Morgan fingerprint density at radius 1 is 1.27 bits per heavy atom. The number of nitrogens with zero attached hydrogens (tertiary/aromatic N) is 2. The summed E-state index contributed by atoms with van der Waals surface area (Å²) in [5, 5.41) is 18.9. The average Bonchev–Trinajstić information content (AvgIpc) is 3.24. The molecule has 0 saturated carbocycles. The maximum absolute atomic E-state index is 13.2. The summed E-state index contributed by atoms with van der Waals surface area (Å²) in [7, 11) is 1.63. The summed E-state index contributed by atoms with van der Waals surface area (Å²) in [5.41, 5.74) is 3.71. The standard InChI is InChI=1S/C22H21Cl2N3O3/c1-12-9-17(28)15(11-16(12)24)19-18-20(26-25-19)22(29)27(7-4-8-30-2)21(18)13-5-3-6-14(23)10-13/h3,5-6,9-11,21,28H,4,7-8H2,1-2H3,(H,25,26). The van der Waals surface area contributed by atoms with Gasteiger partial charge in [0.1, 0.15) is 17.1 Å². The van der Waals surface area contributed by atoms with Crippen LogP contribution in [-0.2, 0) is 4.74 Å². The number of ether oxygens (including phenoxy) is 1. The molecule has 6 nitrogen and oxygen atoms in total. The molecule has 0 radical (unpaired) electrons. The molecule has 1 aliphatic heterocycles. The van der Waals surface area contributed by atoms with Crippen LogP contribution in [0, 0.1) is 6.92 Å². The van der Waals surface area contributed by atoms with Gasteiger partial charge in [-0.15, -0.1) is 0 Å². The van der Waals surface area contributed by atoms with E-state index in [1.165, 1.54) is 0 Å². The third-order valence-electron chi connectivity index (χ3n) is 5.31. The molecule has 1 aromatic heterocycles. The summed E-state index contributed by atoms with van der Waals surface area (Å²) in [6.45, 7) is 2.86. The fourth-order valence-corrected chi connectivity index (χ4v) is 4.25. The van der Waals surface area contributed by atoms with E-state index in [0.717, 1.165) is 11.1 Å². The van der Waals surface area contributed by atoms with Gasteiger partial charge in [-0.05, 0) is 48.7 Å². The first-order valence-corrected chi connectivity index (χ1v) is 10.3. The van der Waals surface area contributed by atoms with Crippen molar-refractivity contribution in [1.82, 2.24) is 15.1 Å². The number of carbonyl (C=O) groups is 1. The van der Waals surface area contributed by atoms with Crippen molar-refractivity contribution in [3.8, 4) is 17.0 Å². The van der Waals surface area contributed by atoms with Crippen LogP contribution in [0.3, 0.4) is 0 Å². The Bertz CT molecular complexity index is 1110. The number of rotatable bonds is 6. The van der Waals surface area contributed by atoms with Gasteiger partial charge in [-0.3, -0.25) is 9.89 Å². The molecule has 2 heterocycles. The maximum atomic E-state index is 13.2. The highest BCUT2D eigenvalue weighted by Crippen LogP contribution is 2.45. The van der Waals surface area contributed by atoms with E-state index >= 15 is 0 Å². The van der Waals surface area contributed by atoms with Crippen LogP contribution >= 0.6 is 23.2 Å². The predicted octanol–water partition coefficient (Wildman–Crippen LogP) is 4.98. The Kier molecular flexibility index (Phi) is 5.73. The number of halogens is 2. The van der Waals surface area contributed by atoms with Gasteiger partial charge in [0.15, 0.2) is 0 Å². The number of aromatic hydroxyl groups is 1. The minimum absolute atomic E-state index is 0.0568. The first-order valence-electron chi connectivity index (χ1n) is 9.55. The van der Waals surface area contributed by atoms with Crippen LogP contribution in [0.25, 0.3) is 11.3 Å². The first-order chi connectivity index (χ1) is 14.4. The third-order valence-corrected chi connectivity index (χ3v) is 5.95. The number of aromatic nitrogens is 2. The van der Waals surface area contributed by atoms with E-state index in [-0.39, 0.29) is 11.7 Å². The van der Waals surface area contributed by atoms with Gasteiger partial charge in [0.05, 0.1) is 6.04 Å². The second kappa shape index (κ2) is 8.30. The van der Waals surface area contributed by atoms with E-state index in [2.05, 4.69) is 10.2 Å². The summed E-state index contributed by atoms with van der Waals surface area (Å²) in [6, 6.07) is 10.3. The van der Waals surface area contributed by atoms with Crippen molar-refractivity contribution in [2.24, 2.45) is 0 Å². The molecule has 30 heavy (non-hydrogen) atoms. The molecule has 1 aliphatic rings. The quantitative estimate of drug-likeness (QED) is 0.524. The lowest BCUT2D eigenvalue weighted by atomic mass is 9.95. The third kappa shape index (κ3) is 3.55. The molecule has 0 aliphatic carbocycles. The molecule has 1 atom stereocenters. The molecule has 0 fully saturated rings. The Morgan fingerprint density at radius 3 is 2.80 bits per heavy atom. The van der Waals surface area contributed by atoms with Gasteiger partial charge in [-0.25, -0.2) is 0 Å². The second-order valence-electron chi connectivity index (χ2n) is 7.28. The van der Waals surface area contributed by atoms with Gasteiger partial charge in [0.2, 0.25) is 0 Å². The lowest BCUT2D eigenvalue weighted by Gasteiger charge is -2.26. The number of aromatic amines is 1. The van der Waals surface area contributed by atoms with Crippen molar-refractivity contribution in [1.29, 1.82) is 0 Å². The molecule has 4 rings (SSSR count). The van der Waals surface area contributed by atoms with Crippen LogP contribution in [0.1, 0.15) is 39.6 Å². The zero-order chi connectivity index (χ0) is 21.4. The maximum Gasteiger partial charge on any atom is 0.273 e. The molecule has 0 spiro atoms. The number of hydrogen-bond donors (Lipinski definition) is 2. The largest absolute Gasteiger partial charge is 0.507 e. The van der Waals surface area contributed by atoms with Gasteiger partial charge in [-0.1, -0.05) is 35.3 Å². The fourth-order valence-electron chi connectivity index (χ4n) is 3.89. The number of aryl methyl sites for hydroxylation is 1. The van der Waals surface area contributed by atoms with Crippen LogP contribution < -0.4 is 0 Å². The van der Waals surface area contributed by atoms with Crippen molar-refractivity contribution in [2.75, 3.05) is 20.3 Å². The number of fused-ring (bicyclic) bond motifs is 1. The van der Waals surface area contributed by atoms with Crippen molar-refractivity contribution in [3.63, 3.8) is 0 Å². The summed E-state index contributed by atoms with van der Waals surface area (Å²) in [4.78, 5) is 15.0. The number of benzene rings is 2. The number of phenols is 1. The highest BCUT2D eigenvalue weighted by Gasteiger charge is 2.42. The number of methoxy groups -OCH3 is 1. The smallest absolute Gasteiger partial charge is 0.273 e. The van der Waals surface area contributed by atoms with Crippen molar-refractivity contribution in [2.45, 2.75) is 19.4 Å². The van der Waals surface area contributed by atoms with Crippen molar-refractivity contribution >= 4 is 29.1 Å². The molecule has 0 bridgehead atoms. The highest BCUT2D eigenvalue weighted by atomic mass is 35.5. The monoisotopic (exact) mass is 445 g/mol. The number of phenolic OH excluding ortho intramolecular Hbond substituents is 1. The van der Waals surface area contributed by atoms with Crippen LogP contribution in [-0.4, -0.2) is 46.4 Å². The van der Waals surface area contributed by atoms with E-state index in [1.54, 1.807) is 30.2 Å². The minimum Gasteiger partial charge on any atom is -0.507 e. The lowest BCUT2D eigenvalue weighted by Crippen LogP contribution is -2.31. The summed E-state index contributed by atoms with van der Waals surface area (Å²) < 4.78 is 5.16. The molecule has 2 aromatic carbocycles. The highest BCUT2D eigenvalue weighted by molar-refractivity contribution is 6.31. The minimum atomic E-state index is -0.392. The molecule has 0 saturated heterocycles.